The third-order valence-electron chi connectivity index (χ3n) is 5.88. The SMILES string of the molecule is CCCCCCCCCCCCCCCCNC(=S)NC(=O)c1ccc(C(C)C)cc1. The summed E-state index contributed by atoms with van der Waals surface area (Å²) < 4.78 is 0. The quantitative estimate of drug-likeness (QED) is 0.189. The van der Waals surface area contributed by atoms with Crippen molar-refractivity contribution in [2.75, 3.05) is 6.54 Å². The highest BCUT2D eigenvalue weighted by atomic mass is 32.1. The van der Waals surface area contributed by atoms with Crippen molar-refractivity contribution in [3.63, 3.8) is 0 Å². The molecule has 2 N–H and O–H groups in total. The van der Waals surface area contributed by atoms with Crippen LogP contribution in [0.15, 0.2) is 24.3 Å². The van der Waals surface area contributed by atoms with Gasteiger partial charge in [-0.2, -0.15) is 0 Å². The van der Waals surface area contributed by atoms with Gasteiger partial charge in [0, 0.05) is 12.1 Å². The lowest BCUT2D eigenvalue weighted by molar-refractivity contribution is 0.0976. The number of hydrogen-bond donors (Lipinski definition) is 2. The lowest BCUT2D eigenvalue weighted by Crippen LogP contribution is -2.39. The van der Waals surface area contributed by atoms with E-state index in [2.05, 4.69) is 31.4 Å². The van der Waals surface area contributed by atoms with Gasteiger partial charge in [-0.05, 0) is 42.3 Å². The Morgan fingerprint density at radius 3 is 1.68 bits per heavy atom. The Morgan fingerprint density at radius 2 is 1.23 bits per heavy atom. The summed E-state index contributed by atoms with van der Waals surface area (Å²) in [6, 6.07) is 7.73. The Balaban J connectivity index is 1.94. The van der Waals surface area contributed by atoms with Crippen LogP contribution >= 0.6 is 12.2 Å². The Bertz CT molecular complexity index is 598. The van der Waals surface area contributed by atoms with Crippen molar-refractivity contribution in [3.8, 4) is 0 Å². The van der Waals surface area contributed by atoms with Crippen LogP contribution in [0.3, 0.4) is 0 Å². The van der Waals surface area contributed by atoms with Crippen molar-refractivity contribution in [1.29, 1.82) is 0 Å². The van der Waals surface area contributed by atoms with Crippen LogP contribution in [0.5, 0.6) is 0 Å². The van der Waals surface area contributed by atoms with E-state index in [1.807, 2.05) is 24.3 Å². The molecule has 1 rings (SSSR count). The maximum Gasteiger partial charge on any atom is 0.257 e. The molecule has 176 valence electrons. The number of carbonyl (C=O) groups is 1. The van der Waals surface area contributed by atoms with Crippen molar-refractivity contribution in [2.24, 2.45) is 0 Å². The van der Waals surface area contributed by atoms with E-state index in [0.29, 0.717) is 16.6 Å². The minimum absolute atomic E-state index is 0.145. The van der Waals surface area contributed by atoms with Gasteiger partial charge >= 0.3 is 0 Å². The van der Waals surface area contributed by atoms with Gasteiger partial charge in [-0.3, -0.25) is 10.1 Å². The molecule has 0 bridgehead atoms. The van der Waals surface area contributed by atoms with Gasteiger partial charge in [0.25, 0.3) is 5.91 Å². The van der Waals surface area contributed by atoms with Gasteiger partial charge in [0.2, 0.25) is 0 Å². The van der Waals surface area contributed by atoms with Crippen molar-refractivity contribution in [2.45, 2.75) is 117 Å². The van der Waals surface area contributed by atoms with Gasteiger partial charge in [0.15, 0.2) is 5.11 Å². The summed E-state index contributed by atoms with van der Waals surface area (Å²) in [6.07, 6.45) is 19.0. The minimum atomic E-state index is -0.145. The van der Waals surface area contributed by atoms with E-state index in [0.717, 1.165) is 13.0 Å². The first-order valence-electron chi connectivity index (χ1n) is 12.7. The average Bonchev–Trinajstić information content (AvgIpc) is 2.76. The number of unbranched alkanes of at least 4 members (excludes halogenated alkanes) is 13. The van der Waals surface area contributed by atoms with Crippen molar-refractivity contribution >= 4 is 23.2 Å². The van der Waals surface area contributed by atoms with Gasteiger partial charge in [0.1, 0.15) is 0 Å². The normalized spacial score (nSPS) is 11.0. The summed E-state index contributed by atoms with van der Waals surface area (Å²) in [6.45, 7) is 7.39. The van der Waals surface area contributed by atoms with Crippen LogP contribution in [-0.4, -0.2) is 17.6 Å². The van der Waals surface area contributed by atoms with Crippen LogP contribution in [0.2, 0.25) is 0 Å². The fourth-order valence-electron chi connectivity index (χ4n) is 3.76. The summed E-state index contributed by atoms with van der Waals surface area (Å²) >= 11 is 5.25. The fourth-order valence-corrected chi connectivity index (χ4v) is 3.96. The predicted molar refractivity (Wildman–Crippen MR) is 139 cm³/mol. The Kier molecular flexibility index (Phi) is 16.2. The number of carbonyl (C=O) groups excluding carboxylic acids is 1. The highest BCUT2D eigenvalue weighted by Crippen LogP contribution is 2.15. The van der Waals surface area contributed by atoms with Gasteiger partial charge in [-0.15, -0.1) is 0 Å². The molecule has 0 aliphatic heterocycles. The third kappa shape index (κ3) is 14.3. The van der Waals surface area contributed by atoms with E-state index in [9.17, 15) is 4.79 Å². The molecule has 4 heteroatoms. The lowest BCUT2D eigenvalue weighted by atomic mass is 10.0. The molecule has 1 aromatic rings. The van der Waals surface area contributed by atoms with Crippen LogP contribution in [0, 0.1) is 0 Å². The largest absolute Gasteiger partial charge is 0.362 e. The Labute approximate surface area is 197 Å². The van der Waals surface area contributed by atoms with Gasteiger partial charge in [0.05, 0.1) is 0 Å². The Hall–Kier alpha value is -1.42. The summed E-state index contributed by atoms with van der Waals surface area (Å²) in [5.74, 6) is 0.318. The van der Waals surface area contributed by atoms with Gasteiger partial charge in [-0.25, -0.2) is 0 Å². The number of rotatable bonds is 17. The van der Waals surface area contributed by atoms with Crippen LogP contribution in [-0.2, 0) is 0 Å². The fraction of sp³-hybridized carbons (Fsp3) is 0.704. The smallest absolute Gasteiger partial charge is 0.257 e. The minimum Gasteiger partial charge on any atom is -0.362 e. The first-order chi connectivity index (χ1) is 15.0. The number of nitrogens with one attached hydrogen (secondary N) is 2. The molecule has 0 saturated carbocycles. The number of thiocarbonyl (C=S) groups is 1. The summed E-state index contributed by atoms with van der Waals surface area (Å²) in [5.41, 5.74) is 1.88. The van der Waals surface area contributed by atoms with Gasteiger partial charge in [-0.1, -0.05) is 116 Å². The molecule has 3 nitrogen and oxygen atoms in total. The standard InChI is InChI=1S/C27H46N2OS/c1-4-5-6-7-8-9-10-11-12-13-14-15-16-17-22-28-27(31)29-26(30)25-20-18-24(19-21-25)23(2)3/h18-21,23H,4-17,22H2,1-3H3,(H2,28,29,30,31). The zero-order valence-corrected chi connectivity index (χ0v) is 21.1. The maximum atomic E-state index is 12.3. The molecule has 0 heterocycles. The molecule has 1 aromatic carbocycles. The summed E-state index contributed by atoms with van der Waals surface area (Å²) in [4.78, 5) is 12.3. The average molecular weight is 447 g/mol. The third-order valence-corrected chi connectivity index (χ3v) is 6.13. The maximum absolute atomic E-state index is 12.3. The van der Waals surface area contributed by atoms with E-state index < -0.39 is 0 Å². The summed E-state index contributed by atoms with van der Waals surface area (Å²) in [7, 11) is 0. The molecule has 0 saturated heterocycles. The van der Waals surface area contributed by atoms with E-state index in [1.54, 1.807) is 0 Å². The van der Waals surface area contributed by atoms with E-state index >= 15 is 0 Å². The molecule has 0 atom stereocenters. The number of benzene rings is 1. The molecule has 0 fully saturated rings. The van der Waals surface area contributed by atoms with Crippen molar-refractivity contribution in [3.05, 3.63) is 35.4 Å². The number of amides is 1. The molecule has 0 aromatic heterocycles. The second kappa shape index (κ2) is 18.2. The van der Waals surface area contributed by atoms with Crippen LogP contribution in [0.1, 0.15) is 133 Å². The summed E-state index contributed by atoms with van der Waals surface area (Å²) in [5, 5.41) is 6.36. The van der Waals surface area contributed by atoms with E-state index in [-0.39, 0.29) is 5.91 Å². The molecule has 31 heavy (non-hydrogen) atoms. The molecule has 0 unspecified atom stereocenters. The monoisotopic (exact) mass is 446 g/mol. The second-order valence-corrected chi connectivity index (χ2v) is 9.49. The molecule has 0 spiro atoms. The molecule has 0 radical (unpaired) electrons. The molecular weight excluding hydrogens is 400 g/mol. The first kappa shape index (κ1) is 27.6. The topological polar surface area (TPSA) is 41.1 Å². The number of hydrogen-bond acceptors (Lipinski definition) is 2. The van der Waals surface area contributed by atoms with Crippen LogP contribution in [0.4, 0.5) is 0 Å². The highest BCUT2D eigenvalue weighted by Gasteiger charge is 2.08. The molecule has 1 amide bonds. The predicted octanol–water partition coefficient (Wildman–Crippen LogP) is 7.90. The van der Waals surface area contributed by atoms with E-state index in [4.69, 9.17) is 12.2 Å². The second-order valence-electron chi connectivity index (χ2n) is 9.08. The van der Waals surface area contributed by atoms with Crippen molar-refractivity contribution in [1.82, 2.24) is 10.6 Å². The lowest BCUT2D eigenvalue weighted by Gasteiger charge is -2.10. The molecule has 0 aliphatic carbocycles. The van der Waals surface area contributed by atoms with Crippen LogP contribution < -0.4 is 10.6 Å². The zero-order chi connectivity index (χ0) is 22.7. The Morgan fingerprint density at radius 1 is 0.774 bits per heavy atom. The molecular formula is C27H46N2OS. The van der Waals surface area contributed by atoms with E-state index in [1.165, 1.54) is 89.0 Å². The van der Waals surface area contributed by atoms with Crippen LogP contribution in [0.25, 0.3) is 0 Å². The highest BCUT2D eigenvalue weighted by molar-refractivity contribution is 7.80. The zero-order valence-electron chi connectivity index (χ0n) is 20.3. The van der Waals surface area contributed by atoms with Gasteiger partial charge < -0.3 is 5.32 Å². The van der Waals surface area contributed by atoms with Crippen molar-refractivity contribution < 1.29 is 4.79 Å². The molecule has 0 aliphatic rings. The first-order valence-corrected chi connectivity index (χ1v) is 13.1.